The monoisotopic (exact) mass is 463 g/mol. The van der Waals surface area contributed by atoms with Crippen molar-refractivity contribution >= 4 is 20.9 Å². The number of aromatic nitrogens is 2. The Bertz CT molecular complexity index is 1360. The molecule has 2 aromatic heterocycles. The highest BCUT2D eigenvalue weighted by Crippen LogP contribution is 2.49. The largest absolute Gasteiger partial charge is 0.492 e. The fourth-order valence-electron chi connectivity index (χ4n) is 4.21. The topological polar surface area (TPSA) is 84.4 Å². The number of aryl methyl sites for hydroxylation is 1. The molecule has 170 valence electrons. The number of sulfonamides is 1. The van der Waals surface area contributed by atoms with Gasteiger partial charge in [0.15, 0.2) is 0 Å². The van der Waals surface area contributed by atoms with Crippen LogP contribution in [0.3, 0.4) is 0 Å². The van der Waals surface area contributed by atoms with Gasteiger partial charge in [0.05, 0.1) is 17.4 Å². The Balaban J connectivity index is 1.63. The molecule has 1 atom stereocenters. The molecule has 1 aliphatic carbocycles. The van der Waals surface area contributed by atoms with Gasteiger partial charge in [-0.25, -0.2) is 17.2 Å². The molecule has 3 aromatic rings. The van der Waals surface area contributed by atoms with Crippen LogP contribution in [0.2, 0.25) is 0 Å². The van der Waals surface area contributed by atoms with Crippen LogP contribution in [0, 0.1) is 5.92 Å². The summed E-state index contributed by atoms with van der Waals surface area (Å²) in [6.07, 6.45) is 4.65. The molecule has 0 spiro atoms. The summed E-state index contributed by atoms with van der Waals surface area (Å²) in [5.74, 6) is -3.27. The van der Waals surface area contributed by atoms with E-state index in [0.29, 0.717) is 40.9 Å². The van der Waals surface area contributed by atoms with Gasteiger partial charge in [0.25, 0.3) is 11.5 Å². The van der Waals surface area contributed by atoms with Crippen LogP contribution in [0.25, 0.3) is 22.0 Å². The van der Waals surface area contributed by atoms with Crippen LogP contribution in [0.4, 0.5) is 8.78 Å². The molecule has 1 unspecified atom stereocenters. The minimum Gasteiger partial charge on any atom is -0.492 e. The van der Waals surface area contributed by atoms with Crippen molar-refractivity contribution in [1.82, 2.24) is 13.9 Å². The summed E-state index contributed by atoms with van der Waals surface area (Å²) >= 11 is 0. The van der Waals surface area contributed by atoms with Gasteiger partial charge in [-0.3, -0.25) is 4.79 Å². The third-order valence-corrected chi connectivity index (χ3v) is 8.13. The fourth-order valence-corrected chi connectivity index (χ4v) is 5.75. The molecule has 7 nitrogen and oxygen atoms in total. The SMILES string of the molecule is Cn1cc(-c2cc(S(=O)(=O)N3CCCC3)ccc2OCC2CC2(F)F)c2cc[nH]c2c1=O. The molecule has 32 heavy (non-hydrogen) atoms. The van der Waals surface area contributed by atoms with Crippen molar-refractivity contribution in [2.75, 3.05) is 19.7 Å². The predicted octanol–water partition coefficient (Wildman–Crippen LogP) is 3.35. The quantitative estimate of drug-likeness (QED) is 0.608. The van der Waals surface area contributed by atoms with E-state index in [2.05, 4.69) is 4.98 Å². The van der Waals surface area contributed by atoms with Gasteiger partial charge in [-0.2, -0.15) is 4.31 Å². The second-order valence-electron chi connectivity index (χ2n) is 8.47. The predicted molar refractivity (Wildman–Crippen MR) is 116 cm³/mol. The minimum absolute atomic E-state index is 0.107. The number of rotatable bonds is 6. The van der Waals surface area contributed by atoms with Crippen LogP contribution in [0.5, 0.6) is 5.75 Å². The third-order valence-electron chi connectivity index (χ3n) is 6.23. The van der Waals surface area contributed by atoms with E-state index in [0.717, 1.165) is 12.8 Å². The standard InChI is InChI=1S/C22H23F2N3O4S/c1-26-12-18(16-6-7-25-20(16)21(26)28)17-10-15(32(29,30)27-8-2-3-9-27)4-5-19(17)31-13-14-11-22(14,23)24/h4-7,10,12,14,25H,2-3,8-9,11,13H2,1H3. The number of hydrogen-bond donors (Lipinski definition) is 1. The molecule has 2 fully saturated rings. The number of halogens is 2. The Hall–Kier alpha value is -2.72. The number of alkyl halides is 2. The summed E-state index contributed by atoms with van der Waals surface area (Å²) in [4.78, 5) is 15.5. The summed E-state index contributed by atoms with van der Waals surface area (Å²) < 4.78 is 61.6. The van der Waals surface area contributed by atoms with Crippen molar-refractivity contribution in [3.63, 3.8) is 0 Å². The lowest BCUT2D eigenvalue weighted by Gasteiger charge is -2.18. The van der Waals surface area contributed by atoms with Crippen molar-refractivity contribution in [3.05, 3.63) is 47.0 Å². The molecule has 10 heteroatoms. The first-order valence-corrected chi connectivity index (χ1v) is 11.9. The van der Waals surface area contributed by atoms with E-state index < -0.39 is 21.9 Å². The summed E-state index contributed by atoms with van der Waals surface area (Å²) in [7, 11) is -2.10. The Morgan fingerprint density at radius 1 is 1.19 bits per heavy atom. The van der Waals surface area contributed by atoms with Crippen LogP contribution in [0.15, 0.2) is 46.3 Å². The van der Waals surface area contributed by atoms with E-state index in [1.165, 1.54) is 27.1 Å². The number of hydrogen-bond acceptors (Lipinski definition) is 4. The average molecular weight is 464 g/mol. The number of H-pyrrole nitrogens is 1. The van der Waals surface area contributed by atoms with Crippen molar-refractivity contribution in [3.8, 4) is 16.9 Å². The van der Waals surface area contributed by atoms with Gasteiger partial charge >= 0.3 is 0 Å². The van der Waals surface area contributed by atoms with Crippen molar-refractivity contribution in [1.29, 1.82) is 0 Å². The normalized spacial score (nSPS) is 20.7. The van der Waals surface area contributed by atoms with E-state index in [9.17, 15) is 22.0 Å². The Morgan fingerprint density at radius 2 is 1.91 bits per heavy atom. The molecule has 2 aliphatic rings. The molecule has 1 saturated carbocycles. The third kappa shape index (κ3) is 3.51. The maximum atomic E-state index is 13.4. The lowest BCUT2D eigenvalue weighted by Crippen LogP contribution is -2.27. The first-order valence-electron chi connectivity index (χ1n) is 10.5. The second-order valence-corrected chi connectivity index (χ2v) is 10.4. The molecule has 1 saturated heterocycles. The highest BCUT2D eigenvalue weighted by Gasteiger charge is 2.57. The highest BCUT2D eigenvalue weighted by atomic mass is 32.2. The molecule has 1 aliphatic heterocycles. The van der Waals surface area contributed by atoms with Gasteiger partial charge in [-0.05, 0) is 37.1 Å². The van der Waals surface area contributed by atoms with E-state index in [1.54, 1.807) is 25.5 Å². The average Bonchev–Trinajstić information content (AvgIpc) is 3.23. The number of fused-ring (bicyclic) bond motifs is 1. The smallest absolute Gasteiger partial charge is 0.274 e. The van der Waals surface area contributed by atoms with Crippen LogP contribution < -0.4 is 10.3 Å². The number of nitrogens with zero attached hydrogens (tertiary/aromatic N) is 2. The number of nitrogens with one attached hydrogen (secondary N) is 1. The molecule has 0 radical (unpaired) electrons. The van der Waals surface area contributed by atoms with Gasteiger partial charge < -0.3 is 14.3 Å². The fraction of sp³-hybridized carbons (Fsp3) is 0.409. The molecule has 0 amide bonds. The van der Waals surface area contributed by atoms with Crippen molar-refractivity contribution in [2.45, 2.75) is 30.1 Å². The van der Waals surface area contributed by atoms with Crippen LogP contribution >= 0.6 is 0 Å². The zero-order valence-corrected chi connectivity index (χ0v) is 18.3. The van der Waals surface area contributed by atoms with E-state index >= 15 is 0 Å². The van der Waals surface area contributed by atoms with Gasteiger partial charge in [0, 0.05) is 55.5 Å². The number of benzene rings is 1. The molecule has 0 bridgehead atoms. The lowest BCUT2D eigenvalue weighted by atomic mass is 10.0. The molecule has 3 heterocycles. The second kappa shape index (κ2) is 7.41. The van der Waals surface area contributed by atoms with Crippen LogP contribution in [-0.2, 0) is 17.1 Å². The summed E-state index contributed by atoms with van der Waals surface area (Å²) in [5.41, 5.74) is 1.17. The molecule has 5 rings (SSSR count). The zero-order valence-electron chi connectivity index (χ0n) is 17.5. The van der Waals surface area contributed by atoms with E-state index in [-0.39, 0.29) is 23.5 Å². The first kappa shape index (κ1) is 21.1. The molecule has 1 aromatic carbocycles. The van der Waals surface area contributed by atoms with E-state index in [4.69, 9.17) is 4.74 Å². The van der Waals surface area contributed by atoms with Crippen molar-refractivity contribution in [2.24, 2.45) is 13.0 Å². The Kier molecular flexibility index (Phi) is 4.90. The maximum Gasteiger partial charge on any atom is 0.274 e. The van der Waals surface area contributed by atoms with E-state index in [1.807, 2.05) is 0 Å². The molecule has 1 N–H and O–H groups in total. The number of ether oxygens (including phenoxy) is 1. The Morgan fingerprint density at radius 3 is 2.59 bits per heavy atom. The van der Waals surface area contributed by atoms with Gasteiger partial charge in [-0.15, -0.1) is 0 Å². The summed E-state index contributed by atoms with van der Waals surface area (Å²) in [5, 5.41) is 0.602. The maximum absolute atomic E-state index is 13.4. The number of pyridine rings is 1. The van der Waals surface area contributed by atoms with Crippen LogP contribution in [-0.4, -0.2) is 47.9 Å². The van der Waals surface area contributed by atoms with Crippen LogP contribution in [0.1, 0.15) is 19.3 Å². The van der Waals surface area contributed by atoms with Gasteiger partial charge in [-0.1, -0.05) is 0 Å². The van der Waals surface area contributed by atoms with Crippen molar-refractivity contribution < 1.29 is 21.9 Å². The first-order chi connectivity index (χ1) is 15.2. The summed E-state index contributed by atoms with van der Waals surface area (Å²) in [6.45, 7) is 0.767. The van der Waals surface area contributed by atoms with Gasteiger partial charge in [0.2, 0.25) is 10.0 Å². The summed E-state index contributed by atoms with van der Waals surface area (Å²) in [6, 6.07) is 6.21. The minimum atomic E-state index is -3.70. The highest BCUT2D eigenvalue weighted by molar-refractivity contribution is 7.89. The molecular weight excluding hydrogens is 440 g/mol. The zero-order chi connectivity index (χ0) is 22.7. The molecular formula is C22H23F2N3O4S. The van der Waals surface area contributed by atoms with Gasteiger partial charge in [0.1, 0.15) is 11.3 Å². The lowest BCUT2D eigenvalue weighted by molar-refractivity contribution is 0.0857. The number of aromatic amines is 1. The Labute approximate surface area is 183 Å².